The van der Waals surface area contributed by atoms with E-state index in [0.29, 0.717) is 5.69 Å². The molecule has 1 aliphatic heterocycles. The quantitative estimate of drug-likeness (QED) is 0.788. The molecular weight excluding hydrogens is 399 g/mol. The van der Waals surface area contributed by atoms with Crippen molar-refractivity contribution in [3.8, 4) is 5.69 Å². The number of fused-ring (bicyclic) bond motifs is 1. The fourth-order valence-electron chi connectivity index (χ4n) is 3.75. The van der Waals surface area contributed by atoms with E-state index in [4.69, 9.17) is 4.74 Å². The lowest BCUT2D eigenvalue weighted by atomic mass is 9.97. The zero-order valence-corrected chi connectivity index (χ0v) is 19.0. The highest BCUT2D eigenvalue weighted by Gasteiger charge is 2.37. The molecule has 2 atom stereocenters. The van der Waals surface area contributed by atoms with Crippen LogP contribution in [-0.4, -0.2) is 39.5 Å². The van der Waals surface area contributed by atoms with E-state index in [1.807, 2.05) is 20.8 Å². The number of alkyl carbamates (subject to hydrolysis) is 1. The summed E-state index contributed by atoms with van der Waals surface area (Å²) in [6.07, 6.45) is 2.54. The van der Waals surface area contributed by atoms with Gasteiger partial charge in [-0.2, -0.15) is 5.10 Å². The highest BCUT2D eigenvalue weighted by molar-refractivity contribution is 6.00. The Balaban J connectivity index is 1.90. The Hall–Kier alpha value is -2.90. The van der Waals surface area contributed by atoms with Gasteiger partial charge in [-0.25, -0.2) is 13.9 Å². The minimum atomic E-state index is -0.738. The number of ether oxygens (including phenoxy) is 1. The molecule has 168 valence electrons. The molecule has 0 saturated heterocycles. The van der Waals surface area contributed by atoms with Gasteiger partial charge in [-0.3, -0.25) is 4.79 Å². The lowest BCUT2D eigenvalue weighted by Gasteiger charge is -2.37. The van der Waals surface area contributed by atoms with Crippen molar-refractivity contribution >= 4 is 17.7 Å². The van der Waals surface area contributed by atoms with E-state index in [0.717, 1.165) is 24.2 Å². The third-order valence-electron chi connectivity index (χ3n) is 5.26. The number of amides is 2. The second kappa shape index (κ2) is 8.69. The number of carbonyl (C=O) groups excluding carboxylic acids is 2. The molecule has 0 bridgehead atoms. The molecule has 7 nitrogen and oxygen atoms in total. The third-order valence-corrected chi connectivity index (χ3v) is 5.26. The van der Waals surface area contributed by atoms with Crippen molar-refractivity contribution in [1.29, 1.82) is 0 Å². The van der Waals surface area contributed by atoms with Crippen LogP contribution in [0.2, 0.25) is 0 Å². The number of anilines is 1. The second-order valence-corrected chi connectivity index (χ2v) is 9.33. The average Bonchev–Trinajstić information content (AvgIpc) is 3.08. The molecule has 2 aromatic rings. The van der Waals surface area contributed by atoms with Crippen molar-refractivity contribution in [3.05, 3.63) is 42.0 Å². The Labute approximate surface area is 182 Å². The molecule has 0 saturated carbocycles. The van der Waals surface area contributed by atoms with E-state index >= 15 is 0 Å². The van der Waals surface area contributed by atoms with E-state index in [1.54, 1.807) is 48.7 Å². The van der Waals surface area contributed by atoms with Crippen LogP contribution in [-0.2, 0) is 16.0 Å². The first kappa shape index (κ1) is 22.8. The van der Waals surface area contributed by atoms with Crippen LogP contribution in [0, 0.1) is 11.7 Å². The van der Waals surface area contributed by atoms with E-state index in [1.165, 1.54) is 12.1 Å². The monoisotopic (exact) mass is 430 g/mol. The van der Waals surface area contributed by atoms with Crippen molar-refractivity contribution in [2.45, 2.75) is 72.1 Å². The summed E-state index contributed by atoms with van der Waals surface area (Å²) in [6, 6.07) is 5.31. The SMILES string of the molecule is CC(C)C(NC(=O)OC(C)(C)C)C(=O)N1c2cnn(-c3ccc(F)cc3)c2CCC1C. The zero-order valence-electron chi connectivity index (χ0n) is 19.0. The first-order valence-electron chi connectivity index (χ1n) is 10.6. The number of benzene rings is 1. The summed E-state index contributed by atoms with van der Waals surface area (Å²) in [6.45, 7) is 11.1. The highest BCUT2D eigenvalue weighted by Crippen LogP contribution is 2.33. The summed E-state index contributed by atoms with van der Waals surface area (Å²) in [7, 11) is 0. The Morgan fingerprint density at radius 3 is 2.45 bits per heavy atom. The van der Waals surface area contributed by atoms with Crippen molar-refractivity contribution in [2.24, 2.45) is 5.92 Å². The van der Waals surface area contributed by atoms with Gasteiger partial charge in [-0.05, 0) is 70.7 Å². The van der Waals surface area contributed by atoms with Crippen LogP contribution in [0.3, 0.4) is 0 Å². The number of rotatable bonds is 4. The maximum absolute atomic E-state index is 13.6. The van der Waals surface area contributed by atoms with Gasteiger partial charge in [0.15, 0.2) is 0 Å². The fourth-order valence-corrected chi connectivity index (χ4v) is 3.75. The minimum absolute atomic E-state index is 0.0486. The van der Waals surface area contributed by atoms with E-state index < -0.39 is 17.7 Å². The first-order valence-corrected chi connectivity index (χ1v) is 10.6. The van der Waals surface area contributed by atoms with Crippen LogP contribution >= 0.6 is 0 Å². The molecule has 8 heteroatoms. The molecule has 1 aromatic heterocycles. The van der Waals surface area contributed by atoms with Gasteiger partial charge in [0.05, 0.1) is 23.3 Å². The standard InChI is InChI=1S/C23H31FN4O3/c1-14(2)20(26-22(30)31-23(4,5)6)21(29)27-15(3)7-12-18-19(27)13-25-28(18)17-10-8-16(24)9-11-17/h8-11,13-15,20H,7,12H2,1-6H3,(H,26,30). The van der Waals surface area contributed by atoms with Crippen molar-refractivity contribution in [3.63, 3.8) is 0 Å². The normalized spacial score (nSPS) is 17.3. The predicted octanol–water partition coefficient (Wildman–Crippen LogP) is 4.23. The summed E-state index contributed by atoms with van der Waals surface area (Å²) in [5.74, 6) is -0.652. The number of hydrogen-bond acceptors (Lipinski definition) is 4. The predicted molar refractivity (Wildman–Crippen MR) is 117 cm³/mol. The van der Waals surface area contributed by atoms with Gasteiger partial charge in [-0.15, -0.1) is 0 Å². The van der Waals surface area contributed by atoms with E-state index in [2.05, 4.69) is 10.4 Å². The summed E-state index contributed by atoms with van der Waals surface area (Å²) >= 11 is 0. The van der Waals surface area contributed by atoms with Crippen LogP contribution in [0.25, 0.3) is 5.69 Å². The molecule has 1 N–H and O–H groups in total. The molecule has 0 fully saturated rings. The Morgan fingerprint density at radius 1 is 1.23 bits per heavy atom. The van der Waals surface area contributed by atoms with Gasteiger partial charge in [-0.1, -0.05) is 13.8 Å². The van der Waals surface area contributed by atoms with Gasteiger partial charge in [0.25, 0.3) is 0 Å². The van der Waals surface area contributed by atoms with Gasteiger partial charge < -0.3 is 15.0 Å². The van der Waals surface area contributed by atoms with Gasteiger partial charge >= 0.3 is 6.09 Å². The lowest BCUT2D eigenvalue weighted by molar-refractivity contribution is -0.122. The number of halogens is 1. The molecular formula is C23H31FN4O3. The Kier molecular flexibility index (Phi) is 6.38. The molecule has 2 amide bonds. The maximum atomic E-state index is 13.6. The molecule has 0 radical (unpaired) electrons. The van der Waals surface area contributed by atoms with Gasteiger partial charge in [0.2, 0.25) is 5.91 Å². The smallest absolute Gasteiger partial charge is 0.408 e. The second-order valence-electron chi connectivity index (χ2n) is 9.33. The third kappa shape index (κ3) is 5.06. The van der Waals surface area contributed by atoms with E-state index in [9.17, 15) is 14.0 Å². The first-order chi connectivity index (χ1) is 14.5. The number of aromatic nitrogens is 2. The number of carbonyl (C=O) groups is 2. The molecule has 2 unspecified atom stereocenters. The minimum Gasteiger partial charge on any atom is -0.444 e. The molecule has 0 spiro atoms. The molecule has 2 heterocycles. The average molecular weight is 431 g/mol. The molecule has 31 heavy (non-hydrogen) atoms. The molecule has 3 rings (SSSR count). The van der Waals surface area contributed by atoms with Crippen molar-refractivity contribution < 1.29 is 18.7 Å². The lowest BCUT2D eigenvalue weighted by Crippen LogP contribution is -2.55. The van der Waals surface area contributed by atoms with Gasteiger partial charge in [0.1, 0.15) is 17.5 Å². The summed E-state index contributed by atoms with van der Waals surface area (Å²) in [5.41, 5.74) is 1.68. The number of nitrogens with one attached hydrogen (secondary N) is 1. The fraction of sp³-hybridized carbons (Fsp3) is 0.522. The summed E-state index contributed by atoms with van der Waals surface area (Å²) in [5, 5.41) is 7.21. The zero-order chi connectivity index (χ0) is 22.9. The Bertz CT molecular complexity index is 947. The van der Waals surface area contributed by atoms with Crippen molar-refractivity contribution in [1.82, 2.24) is 15.1 Å². The van der Waals surface area contributed by atoms with Gasteiger partial charge in [0, 0.05) is 6.04 Å². The summed E-state index contributed by atoms with van der Waals surface area (Å²) in [4.78, 5) is 27.6. The van der Waals surface area contributed by atoms with Crippen molar-refractivity contribution in [2.75, 3.05) is 4.90 Å². The Morgan fingerprint density at radius 2 is 1.87 bits per heavy atom. The van der Waals surface area contributed by atoms with Crippen LogP contribution in [0.15, 0.2) is 30.5 Å². The highest BCUT2D eigenvalue weighted by atomic mass is 19.1. The topological polar surface area (TPSA) is 76.5 Å². The van der Waals surface area contributed by atoms with Crippen LogP contribution in [0.5, 0.6) is 0 Å². The van der Waals surface area contributed by atoms with E-state index in [-0.39, 0.29) is 23.7 Å². The van der Waals surface area contributed by atoms with Crippen LogP contribution < -0.4 is 10.2 Å². The molecule has 0 aliphatic carbocycles. The molecule has 1 aliphatic rings. The summed E-state index contributed by atoms with van der Waals surface area (Å²) < 4.78 is 20.4. The maximum Gasteiger partial charge on any atom is 0.408 e. The largest absolute Gasteiger partial charge is 0.444 e. The van der Waals surface area contributed by atoms with Crippen LogP contribution in [0.4, 0.5) is 14.9 Å². The number of nitrogens with zero attached hydrogens (tertiary/aromatic N) is 3. The van der Waals surface area contributed by atoms with Crippen LogP contribution in [0.1, 0.15) is 53.7 Å². The number of hydrogen-bond donors (Lipinski definition) is 1. The molecule has 1 aromatic carbocycles.